The molecule has 2 aromatic rings. The number of amides is 2. The van der Waals surface area contributed by atoms with Crippen LogP contribution >= 0.6 is 11.3 Å². The SMILES string of the molecule is CC(C)[C@]1(C)CC(=O)N(Cc2ccc(C(=O)N[C@@H](C)c3ccc(F)cc3)s2)C(=N)N1. The van der Waals surface area contributed by atoms with Gasteiger partial charge in [0.05, 0.1) is 23.9 Å². The molecule has 0 unspecified atom stereocenters. The molecule has 8 heteroatoms. The molecule has 1 aliphatic heterocycles. The van der Waals surface area contributed by atoms with Gasteiger partial charge in [-0.05, 0) is 49.6 Å². The fraction of sp³-hybridized carbons (Fsp3) is 0.409. The van der Waals surface area contributed by atoms with Gasteiger partial charge in [0.25, 0.3) is 5.91 Å². The van der Waals surface area contributed by atoms with Crippen LogP contribution < -0.4 is 10.6 Å². The average molecular weight is 431 g/mol. The van der Waals surface area contributed by atoms with Gasteiger partial charge in [-0.2, -0.15) is 0 Å². The van der Waals surface area contributed by atoms with Crippen LogP contribution in [0.25, 0.3) is 0 Å². The molecule has 0 spiro atoms. The van der Waals surface area contributed by atoms with Crippen LogP contribution in [-0.2, 0) is 11.3 Å². The van der Waals surface area contributed by atoms with Crippen molar-refractivity contribution in [2.45, 2.75) is 52.2 Å². The Hall–Kier alpha value is -2.74. The first-order chi connectivity index (χ1) is 14.1. The first-order valence-corrected chi connectivity index (χ1v) is 10.7. The third-order valence-electron chi connectivity index (χ3n) is 5.68. The van der Waals surface area contributed by atoms with Crippen molar-refractivity contribution >= 4 is 29.1 Å². The Morgan fingerprint density at radius 2 is 1.93 bits per heavy atom. The second-order valence-corrected chi connectivity index (χ2v) is 9.38. The van der Waals surface area contributed by atoms with E-state index in [0.29, 0.717) is 11.3 Å². The molecule has 1 aliphatic rings. The van der Waals surface area contributed by atoms with Gasteiger partial charge < -0.3 is 10.6 Å². The summed E-state index contributed by atoms with van der Waals surface area (Å²) >= 11 is 1.29. The van der Waals surface area contributed by atoms with E-state index in [-0.39, 0.29) is 42.1 Å². The topological polar surface area (TPSA) is 85.3 Å². The van der Waals surface area contributed by atoms with Crippen LogP contribution in [0.5, 0.6) is 0 Å². The van der Waals surface area contributed by atoms with Crippen LogP contribution in [0.1, 0.15) is 60.3 Å². The molecule has 0 aliphatic carbocycles. The second-order valence-electron chi connectivity index (χ2n) is 8.22. The molecule has 160 valence electrons. The third kappa shape index (κ3) is 4.70. The normalized spacial score (nSPS) is 20.3. The molecule has 1 fully saturated rings. The quantitative estimate of drug-likeness (QED) is 0.646. The third-order valence-corrected chi connectivity index (χ3v) is 6.75. The molecule has 3 rings (SSSR count). The Kier molecular flexibility index (Phi) is 6.26. The van der Waals surface area contributed by atoms with E-state index >= 15 is 0 Å². The van der Waals surface area contributed by atoms with Gasteiger partial charge in [0.15, 0.2) is 5.96 Å². The lowest BCUT2D eigenvalue weighted by Gasteiger charge is -2.43. The predicted octanol–water partition coefficient (Wildman–Crippen LogP) is 4.05. The molecule has 3 N–H and O–H groups in total. The monoisotopic (exact) mass is 430 g/mol. The number of hydrogen-bond donors (Lipinski definition) is 3. The van der Waals surface area contributed by atoms with E-state index in [2.05, 4.69) is 10.6 Å². The lowest BCUT2D eigenvalue weighted by atomic mass is 9.83. The molecule has 0 bridgehead atoms. The smallest absolute Gasteiger partial charge is 0.261 e. The van der Waals surface area contributed by atoms with Crippen LogP contribution in [0, 0.1) is 17.1 Å². The minimum absolute atomic E-state index is 0.0896. The number of carbonyl (C=O) groups excluding carboxylic acids is 2. The molecule has 1 aromatic heterocycles. The van der Waals surface area contributed by atoms with Gasteiger partial charge in [-0.1, -0.05) is 26.0 Å². The van der Waals surface area contributed by atoms with E-state index in [1.165, 1.54) is 28.4 Å². The predicted molar refractivity (Wildman–Crippen MR) is 116 cm³/mol. The van der Waals surface area contributed by atoms with Crippen LogP contribution in [0.3, 0.4) is 0 Å². The number of benzene rings is 1. The molecule has 2 atom stereocenters. The van der Waals surface area contributed by atoms with Gasteiger partial charge in [0, 0.05) is 10.4 Å². The molecule has 2 heterocycles. The molecular weight excluding hydrogens is 403 g/mol. The van der Waals surface area contributed by atoms with Gasteiger partial charge in [0.2, 0.25) is 5.91 Å². The molecule has 6 nitrogen and oxygen atoms in total. The minimum Gasteiger partial charge on any atom is -0.350 e. The maximum atomic E-state index is 13.1. The summed E-state index contributed by atoms with van der Waals surface area (Å²) in [4.78, 5) is 28.0. The largest absolute Gasteiger partial charge is 0.350 e. The van der Waals surface area contributed by atoms with Crippen molar-refractivity contribution < 1.29 is 14.0 Å². The van der Waals surface area contributed by atoms with Crippen molar-refractivity contribution in [2.75, 3.05) is 0 Å². The second kappa shape index (κ2) is 8.55. The van der Waals surface area contributed by atoms with E-state index in [4.69, 9.17) is 5.41 Å². The number of carbonyl (C=O) groups is 2. The number of halogens is 1. The summed E-state index contributed by atoms with van der Waals surface area (Å²) in [5.74, 6) is -0.343. The summed E-state index contributed by atoms with van der Waals surface area (Å²) < 4.78 is 13.1. The van der Waals surface area contributed by atoms with Crippen LogP contribution in [0.15, 0.2) is 36.4 Å². The number of thiophene rings is 1. The maximum absolute atomic E-state index is 13.1. The van der Waals surface area contributed by atoms with Crippen molar-refractivity contribution in [1.29, 1.82) is 5.41 Å². The molecular formula is C22H27FN4O2S. The summed E-state index contributed by atoms with van der Waals surface area (Å²) in [6.07, 6.45) is 0.320. The van der Waals surface area contributed by atoms with E-state index in [9.17, 15) is 14.0 Å². The minimum atomic E-state index is -0.429. The summed E-state index contributed by atoms with van der Waals surface area (Å²) in [7, 11) is 0. The Bertz CT molecular complexity index is 936. The molecule has 0 saturated carbocycles. The first kappa shape index (κ1) is 22.0. The number of nitrogens with one attached hydrogen (secondary N) is 3. The zero-order valence-electron chi connectivity index (χ0n) is 17.6. The molecule has 1 aromatic carbocycles. The maximum Gasteiger partial charge on any atom is 0.261 e. The molecule has 0 radical (unpaired) electrons. The standard InChI is InChI=1S/C22H27FN4O2S/c1-13(2)22(4)11-19(28)27(21(24)26-22)12-17-9-10-18(30-17)20(29)25-14(3)15-5-7-16(23)8-6-15/h5-10,13-14H,11-12H2,1-4H3,(H2,24,26)(H,25,29)/t14-,22-/m0/s1. The summed E-state index contributed by atoms with van der Waals surface area (Å²) in [5, 5.41) is 14.3. The fourth-order valence-electron chi connectivity index (χ4n) is 3.28. The van der Waals surface area contributed by atoms with Crippen LogP contribution in [0.4, 0.5) is 4.39 Å². The lowest BCUT2D eigenvalue weighted by molar-refractivity contribution is -0.131. The van der Waals surface area contributed by atoms with Gasteiger partial charge in [-0.3, -0.25) is 19.9 Å². The van der Waals surface area contributed by atoms with E-state index in [1.54, 1.807) is 24.3 Å². The highest BCUT2D eigenvalue weighted by molar-refractivity contribution is 7.14. The molecule has 2 amide bonds. The van der Waals surface area contributed by atoms with E-state index in [1.807, 2.05) is 27.7 Å². The van der Waals surface area contributed by atoms with Gasteiger partial charge in [-0.15, -0.1) is 11.3 Å². The Balaban J connectivity index is 1.63. The number of guanidine groups is 1. The highest BCUT2D eigenvalue weighted by atomic mass is 32.1. The molecule has 30 heavy (non-hydrogen) atoms. The highest BCUT2D eigenvalue weighted by Gasteiger charge is 2.40. The Morgan fingerprint density at radius 1 is 1.27 bits per heavy atom. The molecule has 1 saturated heterocycles. The van der Waals surface area contributed by atoms with Gasteiger partial charge in [0.1, 0.15) is 5.82 Å². The summed E-state index contributed by atoms with van der Waals surface area (Å²) in [5.41, 5.74) is 0.384. The van der Waals surface area contributed by atoms with Crippen molar-refractivity contribution in [3.63, 3.8) is 0 Å². The first-order valence-electron chi connectivity index (χ1n) is 9.91. The number of nitrogens with zero attached hydrogens (tertiary/aromatic N) is 1. The Morgan fingerprint density at radius 3 is 2.53 bits per heavy atom. The lowest BCUT2D eigenvalue weighted by Crippen LogP contribution is -2.62. The van der Waals surface area contributed by atoms with Crippen molar-refractivity contribution in [1.82, 2.24) is 15.5 Å². The van der Waals surface area contributed by atoms with Gasteiger partial charge in [-0.25, -0.2) is 4.39 Å². The zero-order chi connectivity index (χ0) is 22.1. The average Bonchev–Trinajstić information content (AvgIpc) is 3.14. The van der Waals surface area contributed by atoms with E-state index < -0.39 is 5.54 Å². The van der Waals surface area contributed by atoms with Crippen molar-refractivity contribution in [3.8, 4) is 0 Å². The van der Waals surface area contributed by atoms with Crippen molar-refractivity contribution in [2.24, 2.45) is 5.92 Å². The van der Waals surface area contributed by atoms with E-state index in [0.717, 1.165) is 10.4 Å². The van der Waals surface area contributed by atoms with Crippen molar-refractivity contribution in [3.05, 3.63) is 57.5 Å². The highest BCUT2D eigenvalue weighted by Crippen LogP contribution is 2.28. The van der Waals surface area contributed by atoms with Gasteiger partial charge >= 0.3 is 0 Å². The van der Waals surface area contributed by atoms with Crippen LogP contribution in [-0.4, -0.2) is 28.2 Å². The number of hydrogen-bond acceptors (Lipinski definition) is 4. The zero-order valence-corrected chi connectivity index (χ0v) is 18.4. The summed E-state index contributed by atoms with van der Waals surface area (Å²) in [6, 6.07) is 9.28. The van der Waals surface area contributed by atoms with Crippen LogP contribution in [0.2, 0.25) is 0 Å². The number of rotatable bonds is 6. The Labute approximate surface area is 180 Å². The summed E-state index contributed by atoms with van der Waals surface area (Å²) in [6.45, 7) is 8.10. The fourth-order valence-corrected chi connectivity index (χ4v) is 4.18.